The molecule has 130 valence electrons. The minimum atomic E-state index is -0.470. The standard InChI is InChI=1S/C19H19FN2O3/c1-2-25-17-8-6-16(7-9-17)22-12-13(10-18(22)23)19(24)21-15-5-3-4-14(20)11-15/h3-9,11,13H,2,10,12H2,1H3,(H,21,24)/t13-/m1/s1. The van der Waals surface area contributed by atoms with Gasteiger partial charge >= 0.3 is 0 Å². The van der Waals surface area contributed by atoms with Crippen LogP contribution in [0.5, 0.6) is 5.75 Å². The van der Waals surface area contributed by atoms with Crippen LogP contribution in [0.25, 0.3) is 0 Å². The summed E-state index contributed by atoms with van der Waals surface area (Å²) in [6, 6.07) is 12.9. The first-order valence-corrected chi connectivity index (χ1v) is 8.16. The fourth-order valence-corrected chi connectivity index (χ4v) is 2.83. The molecule has 25 heavy (non-hydrogen) atoms. The van der Waals surface area contributed by atoms with Gasteiger partial charge in [0.1, 0.15) is 11.6 Å². The molecule has 0 saturated carbocycles. The number of nitrogens with zero attached hydrogens (tertiary/aromatic N) is 1. The lowest BCUT2D eigenvalue weighted by atomic mass is 10.1. The number of rotatable bonds is 5. The summed E-state index contributed by atoms with van der Waals surface area (Å²) in [4.78, 5) is 26.2. The molecule has 0 unspecified atom stereocenters. The van der Waals surface area contributed by atoms with Gasteiger partial charge in [0.25, 0.3) is 0 Å². The van der Waals surface area contributed by atoms with Gasteiger partial charge in [0.05, 0.1) is 12.5 Å². The number of hydrogen-bond acceptors (Lipinski definition) is 3. The second-order valence-electron chi connectivity index (χ2n) is 5.83. The molecule has 2 aromatic rings. The van der Waals surface area contributed by atoms with Crippen molar-refractivity contribution in [3.63, 3.8) is 0 Å². The van der Waals surface area contributed by atoms with Gasteiger partial charge in [-0.25, -0.2) is 4.39 Å². The molecule has 5 nitrogen and oxygen atoms in total. The number of ether oxygens (including phenoxy) is 1. The van der Waals surface area contributed by atoms with Crippen LogP contribution in [0.1, 0.15) is 13.3 Å². The third-order valence-electron chi connectivity index (χ3n) is 4.05. The molecule has 2 aromatic carbocycles. The average Bonchev–Trinajstić information content (AvgIpc) is 2.98. The molecule has 3 rings (SSSR count). The molecule has 1 heterocycles. The number of anilines is 2. The number of amides is 2. The molecule has 1 fully saturated rings. The third kappa shape index (κ3) is 3.96. The zero-order valence-electron chi connectivity index (χ0n) is 13.9. The predicted molar refractivity (Wildman–Crippen MR) is 93.1 cm³/mol. The summed E-state index contributed by atoms with van der Waals surface area (Å²) in [5, 5.41) is 2.67. The maximum absolute atomic E-state index is 13.2. The Morgan fingerprint density at radius 3 is 2.72 bits per heavy atom. The van der Waals surface area contributed by atoms with E-state index in [-0.39, 0.29) is 18.2 Å². The van der Waals surface area contributed by atoms with Crippen molar-refractivity contribution in [2.45, 2.75) is 13.3 Å². The maximum Gasteiger partial charge on any atom is 0.229 e. The van der Waals surface area contributed by atoms with Crippen LogP contribution in [0.15, 0.2) is 48.5 Å². The first-order chi connectivity index (χ1) is 12.1. The second-order valence-corrected chi connectivity index (χ2v) is 5.83. The summed E-state index contributed by atoms with van der Waals surface area (Å²) in [6.45, 7) is 2.78. The molecular formula is C19H19FN2O3. The minimum absolute atomic E-state index is 0.108. The van der Waals surface area contributed by atoms with E-state index in [1.807, 2.05) is 6.92 Å². The molecule has 0 radical (unpaired) electrons. The van der Waals surface area contributed by atoms with E-state index in [0.29, 0.717) is 18.8 Å². The van der Waals surface area contributed by atoms with Crippen LogP contribution in [0, 0.1) is 11.7 Å². The van der Waals surface area contributed by atoms with Crippen LogP contribution in [0.4, 0.5) is 15.8 Å². The smallest absolute Gasteiger partial charge is 0.229 e. The molecular weight excluding hydrogens is 323 g/mol. The van der Waals surface area contributed by atoms with Crippen molar-refractivity contribution >= 4 is 23.2 Å². The lowest BCUT2D eigenvalue weighted by Crippen LogP contribution is -2.28. The fourth-order valence-electron chi connectivity index (χ4n) is 2.83. The Morgan fingerprint density at radius 1 is 1.28 bits per heavy atom. The number of carbonyl (C=O) groups is 2. The van der Waals surface area contributed by atoms with Gasteiger partial charge in [-0.3, -0.25) is 9.59 Å². The fraction of sp³-hybridized carbons (Fsp3) is 0.263. The summed E-state index contributed by atoms with van der Waals surface area (Å²) in [6.07, 6.45) is 0.133. The van der Waals surface area contributed by atoms with E-state index in [0.717, 1.165) is 11.4 Å². The Hall–Kier alpha value is -2.89. The van der Waals surface area contributed by atoms with Gasteiger partial charge in [0, 0.05) is 24.3 Å². The van der Waals surface area contributed by atoms with Crippen LogP contribution in [-0.4, -0.2) is 25.0 Å². The van der Waals surface area contributed by atoms with Crippen LogP contribution >= 0.6 is 0 Å². The summed E-state index contributed by atoms with van der Waals surface area (Å²) in [7, 11) is 0. The van der Waals surface area contributed by atoms with Crippen LogP contribution in [0.2, 0.25) is 0 Å². The normalized spacial score (nSPS) is 16.8. The summed E-state index contributed by atoms with van der Waals surface area (Å²) in [5.74, 6) is -0.548. The lowest BCUT2D eigenvalue weighted by molar-refractivity contribution is -0.122. The number of hydrogen-bond donors (Lipinski definition) is 1. The Morgan fingerprint density at radius 2 is 2.04 bits per heavy atom. The van der Waals surface area contributed by atoms with Gasteiger partial charge in [-0.15, -0.1) is 0 Å². The van der Waals surface area contributed by atoms with E-state index in [2.05, 4.69) is 5.32 Å². The zero-order chi connectivity index (χ0) is 17.8. The Labute approximate surface area is 145 Å². The molecule has 1 aliphatic heterocycles. The molecule has 0 spiro atoms. The maximum atomic E-state index is 13.2. The van der Waals surface area contributed by atoms with E-state index in [1.54, 1.807) is 35.2 Å². The number of benzene rings is 2. The molecule has 1 atom stereocenters. The van der Waals surface area contributed by atoms with E-state index >= 15 is 0 Å². The van der Waals surface area contributed by atoms with Gasteiger partial charge in [0.2, 0.25) is 11.8 Å². The van der Waals surface area contributed by atoms with Crippen molar-refractivity contribution < 1.29 is 18.7 Å². The molecule has 1 N–H and O–H groups in total. The topological polar surface area (TPSA) is 58.6 Å². The minimum Gasteiger partial charge on any atom is -0.494 e. The van der Waals surface area contributed by atoms with Gasteiger partial charge < -0.3 is 15.0 Å². The second kappa shape index (κ2) is 7.34. The van der Waals surface area contributed by atoms with Crippen LogP contribution in [0.3, 0.4) is 0 Å². The monoisotopic (exact) mass is 342 g/mol. The highest BCUT2D eigenvalue weighted by atomic mass is 19.1. The molecule has 2 amide bonds. The molecule has 6 heteroatoms. The van der Waals surface area contributed by atoms with Crippen LogP contribution < -0.4 is 15.0 Å². The predicted octanol–water partition coefficient (Wildman–Crippen LogP) is 3.22. The number of halogens is 1. The van der Waals surface area contributed by atoms with E-state index in [9.17, 15) is 14.0 Å². The van der Waals surface area contributed by atoms with E-state index in [4.69, 9.17) is 4.74 Å². The molecule has 0 aromatic heterocycles. The third-order valence-corrected chi connectivity index (χ3v) is 4.05. The quantitative estimate of drug-likeness (QED) is 0.908. The molecule has 1 saturated heterocycles. The highest BCUT2D eigenvalue weighted by Gasteiger charge is 2.35. The van der Waals surface area contributed by atoms with Crippen molar-refractivity contribution in [2.75, 3.05) is 23.4 Å². The van der Waals surface area contributed by atoms with E-state index in [1.165, 1.54) is 18.2 Å². The van der Waals surface area contributed by atoms with Crippen molar-refractivity contribution in [2.24, 2.45) is 5.92 Å². The zero-order valence-corrected chi connectivity index (χ0v) is 13.9. The van der Waals surface area contributed by atoms with Crippen LogP contribution in [-0.2, 0) is 9.59 Å². The molecule has 0 aliphatic carbocycles. The average molecular weight is 342 g/mol. The first-order valence-electron chi connectivity index (χ1n) is 8.16. The first kappa shape index (κ1) is 17.0. The largest absolute Gasteiger partial charge is 0.494 e. The van der Waals surface area contributed by atoms with Gasteiger partial charge in [0.15, 0.2) is 0 Å². The number of carbonyl (C=O) groups excluding carboxylic acids is 2. The van der Waals surface area contributed by atoms with Gasteiger partial charge in [-0.2, -0.15) is 0 Å². The van der Waals surface area contributed by atoms with Gasteiger partial charge in [-0.1, -0.05) is 6.07 Å². The highest BCUT2D eigenvalue weighted by Crippen LogP contribution is 2.27. The van der Waals surface area contributed by atoms with Gasteiger partial charge in [-0.05, 0) is 49.4 Å². The highest BCUT2D eigenvalue weighted by molar-refractivity contribution is 6.03. The van der Waals surface area contributed by atoms with Crippen molar-refractivity contribution in [1.29, 1.82) is 0 Å². The Kier molecular flexibility index (Phi) is 4.97. The number of nitrogens with one attached hydrogen (secondary N) is 1. The lowest BCUT2D eigenvalue weighted by Gasteiger charge is -2.17. The Bertz CT molecular complexity index is 776. The molecule has 1 aliphatic rings. The summed E-state index contributed by atoms with van der Waals surface area (Å²) >= 11 is 0. The summed E-state index contributed by atoms with van der Waals surface area (Å²) in [5.41, 5.74) is 1.12. The SMILES string of the molecule is CCOc1ccc(N2C[C@H](C(=O)Nc3cccc(F)c3)CC2=O)cc1. The molecule has 0 bridgehead atoms. The Balaban J connectivity index is 1.66. The van der Waals surface area contributed by atoms with E-state index < -0.39 is 11.7 Å². The van der Waals surface area contributed by atoms with Crippen molar-refractivity contribution in [3.8, 4) is 5.75 Å². The van der Waals surface area contributed by atoms with Crippen molar-refractivity contribution in [1.82, 2.24) is 0 Å². The van der Waals surface area contributed by atoms with Crippen molar-refractivity contribution in [3.05, 3.63) is 54.3 Å². The summed E-state index contributed by atoms with van der Waals surface area (Å²) < 4.78 is 18.6.